The van der Waals surface area contributed by atoms with Crippen LogP contribution in [-0.2, 0) is 4.79 Å². The van der Waals surface area contributed by atoms with Crippen LogP contribution >= 0.6 is 11.3 Å². The van der Waals surface area contributed by atoms with Crippen molar-refractivity contribution in [2.75, 3.05) is 31.5 Å². The van der Waals surface area contributed by atoms with Crippen molar-refractivity contribution >= 4 is 29.4 Å². The molecule has 2 aromatic heterocycles. The molecule has 8 heteroatoms. The average molecular weight is 411 g/mol. The van der Waals surface area contributed by atoms with Gasteiger partial charge in [0.25, 0.3) is 0 Å². The summed E-state index contributed by atoms with van der Waals surface area (Å²) in [6.45, 7) is 9.81. The first-order valence-electron chi connectivity index (χ1n) is 9.55. The Labute approximate surface area is 175 Å². The number of nitrogens with zero attached hydrogens (tertiary/aromatic N) is 4. The van der Waals surface area contributed by atoms with E-state index < -0.39 is 0 Å². The fourth-order valence-electron chi connectivity index (χ4n) is 2.97. The number of carbonyl (C=O) groups is 1. The molecule has 0 saturated carbocycles. The summed E-state index contributed by atoms with van der Waals surface area (Å²) in [4.78, 5) is 26.2. The van der Waals surface area contributed by atoms with Gasteiger partial charge in [-0.3, -0.25) is 4.79 Å². The molecule has 2 N–H and O–H groups in total. The normalized spacial score (nSPS) is 13.4. The van der Waals surface area contributed by atoms with Gasteiger partial charge in [0.2, 0.25) is 12.4 Å². The monoisotopic (exact) mass is 410 g/mol. The number of aromatic nitrogens is 3. The maximum atomic E-state index is 10.1. The summed E-state index contributed by atoms with van der Waals surface area (Å²) >= 11 is 1.63. The van der Waals surface area contributed by atoms with Gasteiger partial charge in [0.05, 0.1) is 0 Å². The van der Waals surface area contributed by atoms with Gasteiger partial charge in [0, 0.05) is 49.1 Å². The van der Waals surface area contributed by atoms with Crippen LogP contribution in [0.25, 0.3) is 10.7 Å². The van der Waals surface area contributed by atoms with Crippen LogP contribution in [0.15, 0.2) is 36.7 Å². The number of rotatable bonds is 4. The summed E-state index contributed by atoms with van der Waals surface area (Å²) in [5, 5.41) is 7.32. The van der Waals surface area contributed by atoms with Crippen LogP contribution in [0.3, 0.4) is 0 Å². The highest BCUT2D eigenvalue weighted by Gasteiger charge is 2.07. The third-order valence-corrected chi connectivity index (χ3v) is 5.21. The minimum atomic E-state index is 0.588. The molecule has 152 valence electrons. The van der Waals surface area contributed by atoms with Gasteiger partial charge in [0.15, 0.2) is 0 Å². The van der Waals surface area contributed by atoms with Crippen LogP contribution in [0.4, 0.5) is 11.6 Å². The maximum absolute atomic E-state index is 10.1. The highest BCUT2D eigenvalue weighted by Crippen LogP contribution is 2.24. The summed E-state index contributed by atoms with van der Waals surface area (Å²) in [5.74, 6) is 0.588. The van der Waals surface area contributed by atoms with Gasteiger partial charge in [-0.1, -0.05) is 6.07 Å². The molecule has 0 unspecified atom stereocenters. The van der Waals surface area contributed by atoms with E-state index in [0.29, 0.717) is 5.95 Å². The van der Waals surface area contributed by atoms with E-state index in [4.69, 9.17) is 0 Å². The fourth-order valence-corrected chi connectivity index (χ4v) is 3.71. The molecule has 1 fully saturated rings. The van der Waals surface area contributed by atoms with Crippen molar-refractivity contribution in [2.45, 2.75) is 20.8 Å². The predicted octanol–water partition coefficient (Wildman–Crippen LogP) is 3.32. The van der Waals surface area contributed by atoms with Gasteiger partial charge in [0.1, 0.15) is 10.7 Å². The third-order valence-electron chi connectivity index (χ3n) is 4.27. The zero-order valence-electron chi connectivity index (χ0n) is 17.0. The number of thiazole rings is 1. The molecule has 1 saturated heterocycles. The second kappa shape index (κ2) is 10.1. The minimum absolute atomic E-state index is 0.588. The maximum Gasteiger partial charge on any atom is 0.227 e. The molecule has 29 heavy (non-hydrogen) atoms. The molecule has 4 rings (SSSR count). The van der Waals surface area contributed by atoms with Crippen molar-refractivity contribution in [1.29, 1.82) is 0 Å². The lowest BCUT2D eigenvalue weighted by atomic mass is 10.1. The molecule has 1 amide bonds. The SMILES string of the molecule is Cc1cc(C)cc(Nc2nccc(-c3ncc(C)s3)n2)c1.O=CN1CCNCC1. The van der Waals surface area contributed by atoms with Gasteiger partial charge in [-0.05, 0) is 50.1 Å². The number of carbonyl (C=O) groups excluding carboxylic acids is 1. The highest BCUT2D eigenvalue weighted by molar-refractivity contribution is 7.14. The van der Waals surface area contributed by atoms with Crippen molar-refractivity contribution in [3.05, 3.63) is 52.7 Å². The van der Waals surface area contributed by atoms with Gasteiger partial charge in [-0.25, -0.2) is 15.0 Å². The lowest BCUT2D eigenvalue weighted by Gasteiger charge is -2.22. The van der Waals surface area contributed by atoms with Crippen molar-refractivity contribution in [2.24, 2.45) is 0 Å². The smallest absolute Gasteiger partial charge is 0.227 e. The Morgan fingerprint density at radius 2 is 1.83 bits per heavy atom. The van der Waals surface area contributed by atoms with Crippen LogP contribution in [0, 0.1) is 20.8 Å². The Balaban J connectivity index is 0.000000252. The predicted molar refractivity (Wildman–Crippen MR) is 118 cm³/mol. The number of anilines is 2. The van der Waals surface area contributed by atoms with Crippen LogP contribution in [0.1, 0.15) is 16.0 Å². The molecule has 3 heterocycles. The standard InChI is InChI=1S/C16H16N4S.C5H10N2O/c1-10-6-11(2)8-13(7-10)19-16-17-5-4-14(20-16)15-18-9-12(3)21-15;8-5-7-3-1-6-2-4-7/h4-9H,1-3H3,(H,17,19,20);5-6H,1-4H2. The molecule has 0 spiro atoms. The fraction of sp³-hybridized carbons (Fsp3) is 0.333. The summed E-state index contributed by atoms with van der Waals surface area (Å²) in [6, 6.07) is 8.18. The second-order valence-corrected chi connectivity index (χ2v) is 8.17. The molecule has 3 aromatic rings. The van der Waals surface area contributed by atoms with E-state index in [-0.39, 0.29) is 0 Å². The van der Waals surface area contributed by atoms with Crippen LogP contribution in [0.5, 0.6) is 0 Å². The lowest BCUT2D eigenvalue weighted by molar-refractivity contribution is -0.118. The molecular formula is C21H26N6OS. The summed E-state index contributed by atoms with van der Waals surface area (Å²) in [6.07, 6.45) is 4.52. The number of nitrogens with one attached hydrogen (secondary N) is 2. The zero-order valence-corrected chi connectivity index (χ0v) is 17.8. The van der Waals surface area contributed by atoms with Crippen molar-refractivity contribution in [1.82, 2.24) is 25.2 Å². The molecule has 1 aliphatic rings. The van der Waals surface area contributed by atoms with E-state index in [9.17, 15) is 4.79 Å². The second-order valence-electron chi connectivity index (χ2n) is 6.93. The Morgan fingerprint density at radius 3 is 2.41 bits per heavy atom. The molecule has 0 radical (unpaired) electrons. The van der Waals surface area contributed by atoms with E-state index in [2.05, 4.69) is 57.6 Å². The molecule has 0 bridgehead atoms. The molecule has 0 aliphatic carbocycles. The summed E-state index contributed by atoms with van der Waals surface area (Å²) in [7, 11) is 0. The first kappa shape index (κ1) is 20.9. The molecule has 1 aliphatic heterocycles. The van der Waals surface area contributed by atoms with Crippen LogP contribution in [-0.4, -0.2) is 52.4 Å². The van der Waals surface area contributed by atoms with E-state index in [1.807, 2.05) is 19.2 Å². The van der Waals surface area contributed by atoms with E-state index in [1.54, 1.807) is 22.4 Å². The third kappa shape index (κ3) is 6.33. The Kier molecular flexibility index (Phi) is 7.26. The number of hydrogen-bond acceptors (Lipinski definition) is 7. The number of aryl methyl sites for hydroxylation is 3. The van der Waals surface area contributed by atoms with Crippen LogP contribution in [0.2, 0.25) is 0 Å². The number of piperazine rings is 1. The largest absolute Gasteiger partial charge is 0.343 e. The molecule has 1 aromatic carbocycles. The number of hydrogen-bond donors (Lipinski definition) is 2. The average Bonchev–Trinajstić information content (AvgIpc) is 3.15. The Bertz CT molecular complexity index is 932. The lowest BCUT2D eigenvalue weighted by Crippen LogP contribution is -2.42. The van der Waals surface area contributed by atoms with Crippen molar-refractivity contribution in [3.63, 3.8) is 0 Å². The number of amides is 1. The summed E-state index contributed by atoms with van der Waals surface area (Å²) < 4.78 is 0. The quantitative estimate of drug-likeness (QED) is 0.642. The van der Waals surface area contributed by atoms with Gasteiger partial charge < -0.3 is 15.5 Å². The van der Waals surface area contributed by atoms with Crippen molar-refractivity contribution < 1.29 is 4.79 Å². The van der Waals surface area contributed by atoms with Gasteiger partial charge in [-0.15, -0.1) is 11.3 Å². The van der Waals surface area contributed by atoms with Gasteiger partial charge in [-0.2, -0.15) is 0 Å². The summed E-state index contributed by atoms with van der Waals surface area (Å²) in [5.41, 5.74) is 4.27. The van der Waals surface area contributed by atoms with E-state index in [0.717, 1.165) is 49.0 Å². The molecule has 0 atom stereocenters. The molecular weight excluding hydrogens is 384 g/mol. The molecule has 7 nitrogen and oxygen atoms in total. The first-order chi connectivity index (χ1) is 14.0. The van der Waals surface area contributed by atoms with E-state index >= 15 is 0 Å². The number of benzene rings is 1. The Hall–Kier alpha value is -2.84. The minimum Gasteiger partial charge on any atom is -0.343 e. The zero-order chi connectivity index (χ0) is 20.6. The van der Waals surface area contributed by atoms with Gasteiger partial charge >= 0.3 is 0 Å². The first-order valence-corrected chi connectivity index (χ1v) is 10.4. The Morgan fingerprint density at radius 1 is 1.10 bits per heavy atom. The highest BCUT2D eigenvalue weighted by atomic mass is 32.1. The van der Waals surface area contributed by atoms with Crippen molar-refractivity contribution in [3.8, 4) is 10.7 Å². The topological polar surface area (TPSA) is 83.0 Å². The van der Waals surface area contributed by atoms with E-state index in [1.165, 1.54) is 16.0 Å². The van der Waals surface area contributed by atoms with Crippen LogP contribution < -0.4 is 10.6 Å².